The van der Waals surface area contributed by atoms with Gasteiger partial charge >= 0.3 is 23.8 Å². The number of rotatable bonds is 17. The van der Waals surface area contributed by atoms with Gasteiger partial charge in [0.1, 0.15) is 24.9 Å². The molecule has 0 aromatic heterocycles. The molecule has 16 heteroatoms. The lowest BCUT2D eigenvalue weighted by Crippen LogP contribution is -2.52. The van der Waals surface area contributed by atoms with E-state index in [9.17, 15) is 33.0 Å². The number of esters is 2. The Morgan fingerprint density at radius 3 is 2.33 bits per heavy atom. The summed E-state index contributed by atoms with van der Waals surface area (Å²) in [5.41, 5.74) is -0.890. The van der Waals surface area contributed by atoms with Gasteiger partial charge in [0.15, 0.2) is 0 Å². The molecule has 13 nitrogen and oxygen atoms in total. The van der Waals surface area contributed by atoms with Gasteiger partial charge in [0.05, 0.1) is 56.9 Å². The standard InChI is InChI=1S/C51H71F3N2O11/c1-13-20-63-22-23-64-21-19-37-27-38(50(55-56-50)51(52,53)54)17-18-39(37)48(59)66-42-28-41(65-46(29(2)3)35(42)9)34(8)45(58)36(10)47-40(61-11)16-14-15-30(4)24-32(6)44(57)33(7)25-31(5)26-43(62-12)49(60)67-47/h1,14-18,25-27,29,32-36,40-42,44-47,57-58H,19-24,28H2,2-12H3/b16-14+,30-15+,31-25+,43-26-/t32-,33+,34+,35-,36-,40-,41+,42+,44-,45-,46+,47+/m0/s1. The summed E-state index contributed by atoms with van der Waals surface area (Å²) in [5, 5.41) is 30.0. The van der Waals surface area contributed by atoms with Crippen LogP contribution in [0.4, 0.5) is 13.2 Å². The van der Waals surface area contributed by atoms with Crippen molar-refractivity contribution < 1.29 is 66.1 Å². The second-order valence-corrected chi connectivity index (χ2v) is 18.6. The highest BCUT2D eigenvalue weighted by Crippen LogP contribution is 2.52. The zero-order valence-corrected chi connectivity index (χ0v) is 40.7. The van der Waals surface area contributed by atoms with Crippen LogP contribution in [0.25, 0.3) is 0 Å². The van der Waals surface area contributed by atoms with Crippen LogP contribution in [0, 0.1) is 47.9 Å². The number of terminal acetylenes is 1. The van der Waals surface area contributed by atoms with Gasteiger partial charge in [0, 0.05) is 42.8 Å². The van der Waals surface area contributed by atoms with Gasteiger partial charge in [0.2, 0.25) is 5.76 Å². The first-order chi connectivity index (χ1) is 31.6. The highest BCUT2D eigenvalue weighted by Gasteiger charge is 2.65. The molecule has 4 rings (SSSR count). The topological polar surface area (TPSA) is 164 Å². The van der Waals surface area contributed by atoms with Crippen LogP contribution in [0.15, 0.2) is 75.7 Å². The average molecular weight is 945 g/mol. The molecule has 0 aliphatic carbocycles. The fourth-order valence-corrected chi connectivity index (χ4v) is 9.07. The third-order valence-corrected chi connectivity index (χ3v) is 13.1. The van der Waals surface area contributed by atoms with E-state index in [-0.39, 0.29) is 85.4 Å². The van der Waals surface area contributed by atoms with Gasteiger partial charge in [-0.1, -0.05) is 95.9 Å². The summed E-state index contributed by atoms with van der Waals surface area (Å²) in [6, 6.07) is 3.76. The number of hydrogen-bond donors (Lipinski definition) is 2. The van der Waals surface area contributed by atoms with Crippen molar-refractivity contribution in [3.63, 3.8) is 0 Å². The van der Waals surface area contributed by atoms with E-state index in [2.05, 4.69) is 16.1 Å². The van der Waals surface area contributed by atoms with Crippen LogP contribution in [-0.4, -0.2) is 112 Å². The summed E-state index contributed by atoms with van der Waals surface area (Å²) in [7, 11) is 2.85. The first-order valence-corrected chi connectivity index (χ1v) is 23.1. The second-order valence-electron chi connectivity index (χ2n) is 18.6. The van der Waals surface area contributed by atoms with Crippen LogP contribution < -0.4 is 0 Å². The molecule has 0 saturated carbocycles. The molecule has 2 N–H and O–H groups in total. The number of aliphatic hydroxyl groups excluding tert-OH is 2. The predicted molar refractivity (Wildman–Crippen MR) is 245 cm³/mol. The van der Waals surface area contributed by atoms with E-state index in [1.165, 1.54) is 32.4 Å². The zero-order chi connectivity index (χ0) is 49.8. The van der Waals surface area contributed by atoms with Gasteiger partial charge in [-0.2, -0.15) is 13.2 Å². The predicted octanol–water partition coefficient (Wildman–Crippen LogP) is 8.63. The zero-order valence-electron chi connectivity index (χ0n) is 40.7. The van der Waals surface area contributed by atoms with Crippen LogP contribution in [-0.2, 0) is 50.0 Å². The van der Waals surface area contributed by atoms with Crippen LogP contribution in [0.3, 0.4) is 0 Å². The summed E-state index contributed by atoms with van der Waals surface area (Å²) in [6.07, 6.45) is 4.84. The number of benzene rings is 1. The van der Waals surface area contributed by atoms with E-state index >= 15 is 0 Å². The number of allylic oxidation sites excluding steroid dienone is 5. The molecule has 0 bridgehead atoms. The van der Waals surface area contributed by atoms with E-state index < -0.39 is 78.3 Å². The van der Waals surface area contributed by atoms with Crippen LogP contribution in [0.5, 0.6) is 0 Å². The van der Waals surface area contributed by atoms with E-state index in [0.717, 1.165) is 5.57 Å². The van der Waals surface area contributed by atoms with Gasteiger partial charge in [-0.15, -0.1) is 16.7 Å². The third-order valence-electron chi connectivity index (χ3n) is 13.1. The van der Waals surface area contributed by atoms with Gasteiger partial charge < -0.3 is 43.4 Å². The number of alkyl halides is 3. The molecule has 3 heterocycles. The Morgan fingerprint density at radius 2 is 1.72 bits per heavy atom. The fourth-order valence-electron chi connectivity index (χ4n) is 9.07. The molecular formula is C51H71F3N2O11. The number of hydrogen-bond acceptors (Lipinski definition) is 13. The highest BCUT2D eigenvalue weighted by atomic mass is 19.4. The lowest BCUT2D eigenvalue weighted by molar-refractivity contribution is -0.185. The summed E-state index contributed by atoms with van der Waals surface area (Å²) in [4.78, 5) is 28.0. The number of cyclic esters (lactones) is 1. The Bertz CT molecular complexity index is 2020. The Hall–Kier alpha value is -4.37. The van der Waals surface area contributed by atoms with Crippen molar-refractivity contribution in [1.29, 1.82) is 0 Å². The van der Waals surface area contributed by atoms with E-state index in [0.29, 0.717) is 12.0 Å². The molecule has 1 aromatic rings. The molecule has 67 heavy (non-hydrogen) atoms. The minimum Gasteiger partial charge on any atom is -0.490 e. The molecule has 12 atom stereocenters. The van der Waals surface area contributed by atoms with Crippen molar-refractivity contribution in [3.05, 3.63) is 82.2 Å². The molecule has 372 valence electrons. The monoisotopic (exact) mass is 945 g/mol. The van der Waals surface area contributed by atoms with E-state index in [1.54, 1.807) is 19.1 Å². The van der Waals surface area contributed by atoms with Crippen molar-refractivity contribution >= 4 is 11.9 Å². The molecule has 3 aliphatic heterocycles. The summed E-state index contributed by atoms with van der Waals surface area (Å²) >= 11 is 0. The Labute approximate surface area is 394 Å². The molecule has 3 aliphatic rings. The van der Waals surface area contributed by atoms with Crippen LogP contribution in [0.1, 0.15) is 96.6 Å². The maximum Gasteiger partial charge on any atom is 0.442 e. The van der Waals surface area contributed by atoms with Crippen molar-refractivity contribution in [2.24, 2.45) is 45.7 Å². The number of nitrogens with zero attached hydrogens (tertiary/aromatic N) is 2. The van der Waals surface area contributed by atoms with Gasteiger partial charge in [-0.05, 0) is 62.3 Å². The van der Waals surface area contributed by atoms with Crippen molar-refractivity contribution in [3.8, 4) is 12.3 Å². The smallest absolute Gasteiger partial charge is 0.442 e. The average Bonchev–Trinajstić information content (AvgIpc) is 4.11. The summed E-state index contributed by atoms with van der Waals surface area (Å²) in [5.74, 6) is -1.22. The lowest BCUT2D eigenvalue weighted by atomic mass is 9.78. The quantitative estimate of drug-likeness (QED) is 0.0873. The van der Waals surface area contributed by atoms with Crippen LogP contribution >= 0.6 is 0 Å². The molecule has 0 radical (unpaired) electrons. The third kappa shape index (κ3) is 14.3. The molecule has 0 amide bonds. The molecule has 0 unspecified atom stereocenters. The number of carbonyl (C=O) groups is 2. The van der Waals surface area contributed by atoms with Crippen molar-refractivity contribution in [2.75, 3.05) is 40.6 Å². The van der Waals surface area contributed by atoms with Gasteiger partial charge in [-0.3, -0.25) is 0 Å². The Morgan fingerprint density at radius 1 is 1.03 bits per heavy atom. The maximum absolute atomic E-state index is 14.2. The highest BCUT2D eigenvalue weighted by molar-refractivity contribution is 5.91. The van der Waals surface area contributed by atoms with Crippen LogP contribution in [0.2, 0.25) is 0 Å². The minimum absolute atomic E-state index is 0.0402. The number of carbonyl (C=O) groups excluding carboxylic acids is 2. The number of aliphatic hydroxyl groups is 2. The molecule has 1 saturated heterocycles. The SMILES string of the molecule is C#CCOCCOCCc1cc(C2(C(F)(F)F)N=N2)ccc1C(=O)O[C@@H]1C[C@H]([C@@H](C)[C@H](O)[C@H](C)[C@H]2OC(=O)/C(OC)=C/C(C)=C/[C@@H](C)[C@@H](O)[C@@H](C)C/C(C)=C/C=C/[C@@H]2OC)O[C@H](C(C)C)[C@H]1C. The Kier molecular flexibility index (Phi) is 20.4. The van der Waals surface area contributed by atoms with Crippen molar-refractivity contribution in [1.82, 2.24) is 0 Å². The molecule has 0 spiro atoms. The minimum atomic E-state index is -4.77. The largest absolute Gasteiger partial charge is 0.490 e. The first kappa shape index (κ1) is 55.2. The number of ether oxygens (including phenoxy) is 7. The summed E-state index contributed by atoms with van der Waals surface area (Å²) in [6.45, 7) is 17.7. The lowest BCUT2D eigenvalue weighted by Gasteiger charge is -2.45. The van der Waals surface area contributed by atoms with Gasteiger partial charge in [0.25, 0.3) is 0 Å². The molecular weight excluding hydrogens is 874 g/mol. The number of halogens is 3. The maximum atomic E-state index is 14.2. The second kappa shape index (κ2) is 24.8. The van der Waals surface area contributed by atoms with Crippen molar-refractivity contribution in [2.45, 2.75) is 136 Å². The van der Waals surface area contributed by atoms with E-state index in [4.69, 9.17) is 39.6 Å². The normalized spacial score (nSPS) is 31.4. The Balaban J connectivity index is 1.62. The number of methoxy groups -OCH3 is 2. The molecule has 1 aromatic carbocycles. The molecule has 1 fully saturated rings. The first-order valence-electron chi connectivity index (χ1n) is 23.1. The van der Waals surface area contributed by atoms with Gasteiger partial charge in [-0.25, -0.2) is 9.59 Å². The fraction of sp³-hybridized carbons (Fsp3) is 0.647. The summed E-state index contributed by atoms with van der Waals surface area (Å²) < 4.78 is 83.6. The van der Waals surface area contributed by atoms with E-state index in [1.807, 2.05) is 73.6 Å².